The normalized spacial score (nSPS) is 18.0. The number of carbonyl (C=O) groups excluding carboxylic acids is 3. The van der Waals surface area contributed by atoms with Gasteiger partial charge in [0.2, 0.25) is 0 Å². The maximum Gasteiger partial charge on any atom is 0.344 e. The summed E-state index contributed by atoms with van der Waals surface area (Å²) in [4.78, 5) is 40.0. The van der Waals surface area contributed by atoms with E-state index in [2.05, 4.69) is 10.7 Å². The Labute approximate surface area is 187 Å². The molecule has 170 valence electrons. The Bertz CT molecular complexity index is 997. The molecular formula is C23H28N4O5. The highest BCUT2D eigenvalue weighted by Gasteiger charge is 2.52. The molecule has 2 aromatic carbocycles. The molecule has 9 nitrogen and oxygen atoms in total. The summed E-state index contributed by atoms with van der Waals surface area (Å²) >= 11 is 0. The Kier molecular flexibility index (Phi) is 6.99. The van der Waals surface area contributed by atoms with E-state index in [4.69, 9.17) is 9.47 Å². The van der Waals surface area contributed by atoms with Gasteiger partial charge in [-0.3, -0.25) is 19.9 Å². The fourth-order valence-corrected chi connectivity index (χ4v) is 3.79. The van der Waals surface area contributed by atoms with Crippen LogP contribution in [0.2, 0.25) is 0 Å². The van der Waals surface area contributed by atoms with Crippen molar-refractivity contribution in [2.75, 3.05) is 27.8 Å². The third-order valence-electron chi connectivity index (χ3n) is 5.44. The van der Waals surface area contributed by atoms with E-state index >= 15 is 0 Å². The van der Waals surface area contributed by atoms with Gasteiger partial charge in [-0.2, -0.15) is 5.01 Å². The van der Waals surface area contributed by atoms with Crippen LogP contribution in [-0.2, 0) is 21.7 Å². The Morgan fingerprint density at radius 2 is 1.78 bits per heavy atom. The molecule has 1 heterocycles. The molecule has 0 saturated carbocycles. The quantitative estimate of drug-likeness (QED) is 0.579. The molecule has 0 aromatic heterocycles. The number of urea groups is 1. The summed E-state index contributed by atoms with van der Waals surface area (Å²) in [6.45, 7) is 2.25. The van der Waals surface area contributed by atoms with Gasteiger partial charge >= 0.3 is 6.03 Å². The second kappa shape index (κ2) is 9.69. The minimum absolute atomic E-state index is 0.0180. The molecule has 1 unspecified atom stereocenters. The summed E-state index contributed by atoms with van der Waals surface area (Å²) < 4.78 is 10.5. The fourth-order valence-electron chi connectivity index (χ4n) is 3.79. The molecule has 0 aliphatic carbocycles. The lowest BCUT2D eigenvalue weighted by Crippen LogP contribution is -2.50. The Morgan fingerprint density at radius 1 is 1.09 bits per heavy atom. The summed E-state index contributed by atoms with van der Waals surface area (Å²) in [5, 5.41) is 3.51. The summed E-state index contributed by atoms with van der Waals surface area (Å²) in [5.74, 6) is 0.232. The highest BCUT2D eigenvalue weighted by atomic mass is 16.5. The van der Waals surface area contributed by atoms with Crippen LogP contribution in [0, 0.1) is 0 Å². The van der Waals surface area contributed by atoms with E-state index in [1.165, 1.54) is 0 Å². The number of imide groups is 1. The van der Waals surface area contributed by atoms with Gasteiger partial charge in [-0.25, -0.2) is 4.79 Å². The van der Waals surface area contributed by atoms with Gasteiger partial charge in [-0.1, -0.05) is 43.3 Å². The third kappa shape index (κ3) is 4.52. The van der Waals surface area contributed by atoms with Gasteiger partial charge in [-0.15, -0.1) is 0 Å². The maximum absolute atomic E-state index is 13.1. The zero-order valence-electron chi connectivity index (χ0n) is 18.7. The average Bonchev–Trinajstić information content (AvgIpc) is 3.04. The molecule has 3 rings (SSSR count). The number of methoxy groups -OCH3 is 2. The minimum atomic E-state index is -1.20. The van der Waals surface area contributed by atoms with Crippen molar-refractivity contribution in [3.8, 4) is 11.5 Å². The van der Waals surface area contributed by atoms with Crippen molar-refractivity contribution < 1.29 is 23.9 Å². The number of carbonyl (C=O) groups is 3. The average molecular weight is 441 g/mol. The number of hydrazine groups is 1. The number of likely N-dealkylation sites (N-methyl/N-ethyl adjacent to an activating group) is 1. The lowest BCUT2D eigenvalue weighted by molar-refractivity contribution is -0.139. The Morgan fingerprint density at radius 3 is 2.41 bits per heavy atom. The largest absolute Gasteiger partial charge is 0.493 e. The van der Waals surface area contributed by atoms with Crippen molar-refractivity contribution >= 4 is 17.8 Å². The number of benzene rings is 2. The van der Waals surface area contributed by atoms with Crippen LogP contribution in [0.4, 0.5) is 4.79 Å². The third-order valence-corrected chi connectivity index (χ3v) is 5.44. The predicted octanol–water partition coefficient (Wildman–Crippen LogP) is 2.02. The lowest BCUT2D eigenvalue weighted by Gasteiger charge is -2.25. The number of hydrogen-bond acceptors (Lipinski definition) is 6. The first-order chi connectivity index (χ1) is 15.3. The van der Waals surface area contributed by atoms with Crippen LogP contribution >= 0.6 is 0 Å². The summed E-state index contributed by atoms with van der Waals surface area (Å²) in [6, 6.07) is 13.9. The molecule has 4 amide bonds. The fraction of sp³-hybridized carbons (Fsp3) is 0.348. The monoisotopic (exact) mass is 440 g/mol. The smallest absolute Gasteiger partial charge is 0.344 e. The van der Waals surface area contributed by atoms with Crippen LogP contribution in [0.15, 0.2) is 48.5 Å². The van der Waals surface area contributed by atoms with E-state index in [9.17, 15) is 14.4 Å². The topological polar surface area (TPSA) is 100 Å². The molecule has 1 aliphatic heterocycles. The minimum Gasteiger partial charge on any atom is -0.493 e. The first-order valence-corrected chi connectivity index (χ1v) is 10.3. The summed E-state index contributed by atoms with van der Waals surface area (Å²) in [6.07, 6.45) is 0.354. The molecule has 1 fully saturated rings. The Hall–Kier alpha value is -3.59. The SMILES string of the molecule is CCC1(c2ccccc2)NC(=O)N(NC(=O)CN(C)Cc2ccc(OC)c(OC)c2)C1=O. The van der Waals surface area contributed by atoms with Gasteiger partial charge in [0.1, 0.15) is 5.54 Å². The highest BCUT2D eigenvalue weighted by Crippen LogP contribution is 2.31. The van der Waals surface area contributed by atoms with Gasteiger partial charge in [0, 0.05) is 6.54 Å². The van der Waals surface area contributed by atoms with Crippen LogP contribution in [0.25, 0.3) is 0 Å². The van der Waals surface area contributed by atoms with E-state index in [0.29, 0.717) is 30.0 Å². The molecule has 0 radical (unpaired) electrons. The van der Waals surface area contributed by atoms with Crippen LogP contribution in [0.3, 0.4) is 0 Å². The molecule has 0 spiro atoms. The second-order valence-electron chi connectivity index (χ2n) is 7.59. The number of rotatable bonds is 9. The number of nitrogens with one attached hydrogen (secondary N) is 2. The van der Waals surface area contributed by atoms with Crippen molar-refractivity contribution in [2.24, 2.45) is 0 Å². The first-order valence-electron chi connectivity index (χ1n) is 10.3. The van der Waals surface area contributed by atoms with Gasteiger partial charge in [-0.05, 0) is 36.7 Å². The maximum atomic E-state index is 13.1. The molecule has 1 atom stereocenters. The summed E-state index contributed by atoms with van der Waals surface area (Å²) in [7, 11) is 4.89. The van der Waals surface area contributed by atoms with E-state index in [1.807, 2.05) is 25.1 Å². The van der Waals surface area contributed by atoms with Crippen molar-refractivity contribution in [2.45, 2.75) is 25.4 Å². The van der Waals surface area contributed by atoms with Gasteiger partial charge < -0.3 is 14.8 Å². The van der Waals surface area contributed by atoms with Crippen molar-refractivity contribution in [3.05, 3.63) is 59.7 Å². The molecule has 1 saturated heterocycles. The molecule has 2 aromatic rings. The number of nitrogens with zero attached hydrogens (tertiary/aromatic N) is 2. The number of amides is 4. The van der Waals surface area contributed by atoms with Gasteiger partial charge in [0.05, 0.1) is 20.8 Å². The van der Waals surface area contributed by atoms with Crippen LogP contribution < -0.4 is 20.2 Å². The molecule has 1 aliphatic rings. The molecule has 32 heavy (non-hydrogen) atoms. The molecular weight excluding hydrogens is 412 g/mol. The van der Waals surface area contributed by atoms with Crippen LogP contribution in [0.1, 0.15) is 24.5 Å². The highest BCUT2D eigenvalue weighted by molar-refractivity contribution is 6.08. The van der Waals surface area contributed by atoms with Gasteiger partial charge in [0.25, 0.3) is 11.8 Å². The van der Waals surface area contributed by atoms with Crippen LogP contribution in [0.5, 0.6) is 11.5 Å². The molecule has 9 heteroatoms. The number of hydrogen-bond donors (Lipinski definition) is 2. The van der Waals surface area contributed by atoms with E-state index in [0.717, 1.165) is 10.6 Å². The zero-order chi connectivity index (χ0) is 23.3. The van der Waals surface area contributed by atoms with Gasteiger partial charge in [0.15, 0.2) is 11.5 Å². The molecule has 0 bridgehead atoms. The lowest BCUT2D eigenvalue weighted by atomic mass is 9.87. The van der Waals surface area contributed by atoms with Crippen LogP contribution in [-0.4, -0.2) is 55.6 Å². The first kappa shape index (κ1) is 23.1. The van der Waals surface area contributed by atoms with E-state index in [1.54, 1.807) is 56.5 Å². The predicted molar refractivity (Wildman–Crippen MR) is 118 cm³/mol. The zero-order valence-corrected chi connectivity index (χ0v) is 18.7. The second-order valence-corrected chi connectivity index (χ2v) is 7.59. The van der Waals surface area contributed by atoms with E-state index in [-0.39, 0.29) is 6.54 Å². The standard InChI is InChI=1S/C23H28N4O5/c1-5-23(17-9-7-6-8-10-17)21(29)27(22(30)24-23)25-20(28)15-26(2)14-16-11-12-18(31-3)19(13-16)32-4/h6-13H,5,14-15H2,1-4H3,(H,24,30)(H,25,28). The number of ether oxygens (including phenoxy) is 2. The Balaban J connectivity index is 1.64. The van der Waals surface area contributed by atoms with Crippen molar-refractivity contribution in [1.29, 1.82) is 0 Å². The van der Waals surface area contributed by atoms with Crippen molar-refractivity contribution in [3.63, 3.8) is 0 Å². The molecule has 2 N–H and O–H groups in total. The van der Waals surface area contributed by atoms with Crippen molar-refractivity contribution in [1.82, 2.24) is 20.7 Å². The van der Waals surface area contributed by atoms with E-state index < -0.39 is 23.4 Å². The summed E-state index contributed by atoms with van der Waals surface area (Å²) in [5.41, 5.74) is 2.83.